The Morgan fingerprint density at radius 1 is 0.917 bits per heavy atom. The van der Waals surface area contributed by atoms with Gasteiger partial charge in [-0.25, -0.2) is 0 Å². The number of amides is 2. The van der Waals surface area contributed by atoms with Gasteiger partial charge in [-0.3, -0.25) is 9.59 Å². The Balaban J connectivity index is 2.23. The van der Waals surface area contributed by atoms with E-state index in [-0.39, 0.29) is 24.8 Å². The Morgan fingerprint density at radius 2 is 1.67 bits per heavy atom. The average molecular weight is 325 g/mol. The minimum atomic E-state index is -0.212. The third-order valence-electron chi connectivity index (χ3n) is 3.84. The van der Waals surface area contributed by atoms with Gasteiger partial charge in [-0.05, 0) is 61.7 Å². The van der Waals surface area contributed by atoms with E-state index >= 15 is 0 Å². The van der Waals surface area contributed by atoms with Gasteiger partial charge in [-0.2, -0.15) is 0 Å². The number of nitrogens with two attached hydrogens (primary N) is 1. The summed E-state index contributed by atoms with van der Waals surface area (Å²) in [6.07, 6.45) is 0.235. The molecule has 0 aliphatic rings. The van der Waals surface area contributed by atoms with Crippen molar-refractivity contribution < 1.29 is 9.59 Å². The Kier molecular flexibility index (Phi) is 5.71. The van der Waals surface area contributed by atoms with Crippen LogP contribution in [0.4, 0.5) is 11.4 Å². The SMILES string of the molecule is Cc1ccc(NC(=O)c2ccc(C)c(C)c2)c(NC(=O)CCN)c1. The van der Waals surface area contributed by atoms with Gasteiger partial charge in [0.2, 0.25) is 5.91 Å². The van der Waals surface area contributed by atoms with Gasteiger partial charge in [0.25, 0.3) is 5.91 Å². The zero-order valence-electron chi connectivity index (χ0n) is 14.3. The van der Waals surface area contributed by atoms with E-state index in [9.17, 15) is 9.59 Å². The lowest BCUT2D eigenvalue weighted by Gasteiger charge is -2.13. The normalized spacial score (nSPS) is 10.3. The standard InChI is InChI=1S/C19H23N3O2/c1-12-4-7-16(17(10-12)21-18(23)8-9-20)22-19(24)15-6-5-13(2)14(3)11-15/h4-7,10-11H,8-9,20H2,1-3H3,(H,21,23)(H,22,24). The lowest BCUT2D eigenvalue weighted by Crippen LogP contribution is -2.19. The summed E-state index contributed by atoms with van der Waals surface area (Å²) < 4.78 is 0. The van der Waals surface area contributed by atoms with Crippen molar-refractivity contribution >= 4 is 23.2 Å². The largest absolute Gasteiger partial charge is 0.330 e. The third kappa shape index (κ3) is 4.43. The minimum absolute atomic E-state index is 0.176. The van der Waals surface area contributed by atoms with Crippen molar-refractivity contribution in [2.45, 2.75) is 27.2 Å². The summed E-state index contributed by atoms with van der Waals surface area (Å²) >= 11 is 0. The lowest BCUT2D eigenvalue weighted by molar-refractivity contribution is -0.116. The molecule has 2 amide bonds. The Bertz CT molecular complexity index is 769. The van der Waals surface area contributed by atoms with Crippen LogP contribution in [0.5, 0.6) is 0 Å². The van der Waals surface area contributed by atoms with E-state index in [2.05, 4.69) is 10.6 Å². The molecule has 0 unspecified atom stereocenters. The molecule has 0 atom stereocenters. The molecule has 126 valence electrons. The van der Waals surface area contributed by atoms with Crippen LogP contribution in [0, 0.1) is 20.8 Å². The molecule has 0 heterocycles. The summed E-state index contributed by atoms with van der Waals surface area (Å²) in [6, 6.07) is 11.1. The second-order valence-electron chi connectivity index (χ2n) is 5.89. The lowest BCUT2D eigenvalue weighted by atomic mass is 10.1. The molecule has 0 aliphatic heterocycles. The third-order valence-corrected chi connectivity index (χ3v) is 3.84. The fourth-order valence-corrected chi connectivity index (χ4v) is 2.29. The molecule has 5 heteroatoms. The van der Waals surface area contributed by atoms with Crippen molar-refractivity contribution in [1.29, 1.82) is 0 Å². The zero-order valence-corrected chi connectivity index (χ0v) is 14.3. The molecule has 0 spiro atoms. The maximum atomic E-state index is 12.5. The molecule has 2 aromatic carbocycles. The molecule has 0 saturated heterocycles. The monoisotopic (exact) mass is 325 g/mol. The van der Waals surface area contributed by atoms with E-state index in [1.165, 1.54) is 0 Å². The minimum Gasteiger partial charge on any atom is -0.330 e. The molecule has 24 heavy (non-hydrogen) atoms. The van der Waals surface area contributed by atoms with Crippen molar-refractivity contribution in [2.75, 3.05) is 17.2 Å². The van der Waals surface area contributed by atoms with Crippen LogP contribution in [0.1, 0.15) is 33.5 Å². The molecule has 0 fully saturated rings. The maximum absolute atomic E-state index is 12.5. The number of anilines is 2. The number of rotatable bonds is 5. The van der Waals surface area contributed by atoms with Crippen LogP contribution in [-0.2, 0) is 4.79 Å². The Labute approximate surface area is 142 Å². The quantitative estimate of drug-likeness (QED) is 0.789. The number of aryl methyl sites for hydroxylation is 3. The smallest absolute Gasteiger partial charge is 0.255 e. The van der Waals surface area contributed by atoms with E-state index < -0.39 is 0 Å². The fraction of sp³-hybridized carbons (Fsp3) is 0.263. The van der Waals surface area contributed by atoms with Crippen molar-refractivity contribution in [3.05, 3.63) is 58.7 Å². The first-order valence-corrected chi connectivity index (χ1v) is 7.90. The predicted octanol–water partition coefficient (Wildman–Crippen LogP) is 3.15. The molecular weight excluding hydrogens is 302 g/mol. The molecule has 5 nitrogen and oxygen atoms in total. The number of carbonyl (C=O) groups excluding carboxylic acids is 2. The van der Waals surface area contributed by atoms with Crippen LogP contribution >= 0.6 is 0 Å². The number of hydrogen-bond acceptors (Lipinski definition) is 3. The van der Waals surface area contributed by atoms with Crippen molar-refractivity contribution in [2.24, 2.45) is 5.73 Å². The van der Waals surface area contributed by atoms with Gasteiger partial charge in [-0.1, -0.05) is 12.1 Å². The number of nitrogens with one attached hydrogen (secondary N) is 2. The summed E-state index contributed by atoms with van der Waals surface area (Å²) in [5.41, 5.74) is 10.3. The highest BCUT2D eigenvalue weighted by atomic mass is 16.2. The Hall–Kier alpha value is -2.66. The van der Waals surface area contributed by atoms with E-state index in [0.29, 0.717) is 16.9 Å². The summed E-state index contributed by atoms with van der Waals surface area (Å²) in [5, 5.41) is 5.66. The molecule has 2 rings (SSSR count). The first-order chi connectivity index (χ1) is 11.4. The molecular formula is C19H23N3O2. The summed E-state index contributed by atoms with van der Waals surface area (Å²) in [6.45, 7) is 6.17. The molecule has 0 bridgehead atoms. The molecule has 0 radical (unpaired) electrons. The van der Waals surface area contributed by atoms with Crippen LogP contribution < -0.4 is 16.4 Å². The van der Waals surface area contributed by atoms with Gasteiger partial charge in [0.1, 0.15) is 0 Å². The second-order valence-corrected chi connectivity index (χ2v) is 5.89. The number of hydrogen-bond donors (Lipinski definition) is 3. The van der Waals surface area contributed by atoms with Crippen LogP contribution in [-0.4, -0.2) is 18.4 Å². The zero-order chi connectivity index (χ0) is 17.7. The summed E-state index contributed by atoms with van der Waals surface area (Å²) in [4.78, 5) is 24.3. The number of benzene rings is 2. The van der Waals surface area contributed by atoms with Gasteiger partial charge in [0.05, 0.1) is 11.4 Å². The summed E-state index contributed by atoms with van der Waals surface area (Å²) in [7, 11) is 0. The van der Waals surface area contributed by atoms with E-state index in [0.717, 1.165) is 16.7 Å². The van der Waals surface area contributed by atoms with E-state index in [1.54, 1.807) is 12.1 Å². The highest BCUT2D eigenvalue weighted by Crippen LogP contribution is 2.24. The second kappa shape index (κ2) is 7.75. The van der Waals surface area contributed by atoms with E-state index in [1.807, 2.05) is 45.0 Å². The van der Waals surface area contributed by atoms with Crippen molar-refractivity contribution in [3.63, 3.8) is 0 Å². The van der Waals surface area contributed by atoms with Crippen LogP contribution in [0.15, 0.2) is 36.4 Å². The predicted molar refractivity (Wildman–Crippen MR) is 97.3 cm³/mol. The van der Waals surface area contributed by atoms with Gasteiger partial charge < -0.3 is 16.4 Å². The molecule has 0 saturated carbocycles. The first-order valence-electron chi connectivity index (χ1n) is 7.90. The molecule has 0 aliphatic carbocycles. The van der Waals surface area contributed by atoms with Crippen LogP contribution in [0.25, 0.3) is 0 Å². The molecule has 2 aromatic rings. The number of carbonyl (C=O) groups is 2. The van der Waals surface area contributed by atoms with Gasteiger partial charge in [0, 0.05) is 18.5 Å². The van der Waals surface area contributed by atoms with E-state index in [4.69, 9.17) is 5.73 Å². The first kappa shape index (κ1) is 17.7. The highest BCUT2D eigenvalue weighted by molar-refractivity contribution is 6.07. The van der Waals surface area contributed by atoms with Gasteiger partial charge >= 0.3 is 0 Å². The average Bonchev–Trinajstić information content (AvgIpc) is 2.52. The van der Waals surface area contributed by atoms with Gasteiger partial charge in [0.15, 0.2) is 0 Å². The Morgan fingerprint density at radius 3 is 2.33 bits per heavy atom. The van der Waals surface area contributed by atoms with Crippen LogP contribution in [0.2, 0.25) is 0 Å². The maximum Gasteiger partial charge on any atom is 0.255 e. The van der Waals surface area contributed by atoms with Gasteiger partial charge in [-0.15, -0.1) is 0 Å². The topological polar surface area (TPSA) is 84.2 Å². The molecule has 0 aromatic heterocycles. The highest BCUT2D eigenvalue weighted by Gasteiger charge is 2.12. The summed E-state index contributed by atoms with van der Waals surface area (Å²) in [5.74, 6) is -0.388. The van der Waals surface area contributed by atoms with Crippen LogP contribution in [0.3, 0.4) is 0 Å². The van der Waals surface area contributed by atoms with Crippen molar-refractivity contribution in [1.82, 2.24) is 0 Å². The van der Waals surface area contributed by atoms with Crippen molar-refractivity contribution in [3.8, 4) is 0 Å². The molecule has 4 N–H and O–H groups in total. The fourth-order valence-electron chi connectivity index (χ4n) is 2.29.